The number of hydrogen-bond acceptors (Lipinski definition) is 4. The highest BCUT2D eigenvalue weighted by atomic mass is 35.5. The second-order valence-electron chi connectivity index (χ2n) is 2.88. The summed E-state index contributed by atoms with van der Waals surface area (Å²) >= 11 is 5.68. The zero-order valence-electron chi connectivity index (χ0n) is 8.66. The minimum atomic E-state index is -1.04. The van der Waals surface area contributed by atoms with E-state index in [1.54, 1.807) is 0 Å². The lowest BCUT2D eigenvalue weighted by Crippen LogP contribution is -2.28. The highest BCUT2D eigenvalue weighted by Crippen LogP contribution is 2.11. The van der Waals surface area contributed by atoms with Crippen LogP contribution in [-0.2, 0) is 19.1 Å². The molecule has 0 aliphatic carbocycles. The summed E-state index contributed by atoms with van der Waals surface area (Å²) in [5.74, 6) is -1.25. The van der Waals surface area contributed by atoms with Crippen LogP contribution in [0.15, 0.2) is 24.8 Å². The Bertz CT molecular complexity index is 285. The van der Waals surface area contributed by atoms with Gasteiger partial charge in [-0.15, -0.1) is 0 Å². The van der Waals surface area contributed by atoms with E-state index in [4.69, 9.17) is 21.1 Å². The van der Waals surface area contributed by atoms with E-state index in [2.05, 4.69) is 13.2 Å². The van der Waals surface area contributed by atoms with Crippen LogP contribution in [0.5, 0.6) is 0 Å². The predicted octanol–water partition coefficient (Wildman–Crippen LogP) is 1.79. The molecule has 5 heteroatoms. The largest absolute Gasteiger partial charge is 0.454 e. The van der Waals surface area contributed by atoms with E-state index >= 15 is 0 Å². The van der Waals surface area contributed by atoms with Crippen LogP contribution in [0.2, 0.25) is 0 Å². The average Bonchev–Trinajstić information content (AvgIpc) is 2.16. The van der Waals surface area contributed by atoms with Crippen molar-refractivity contribution in [1.82, 2.24) is 0 Å². The summed E-state index contributed by atoms with van der Waals surface area (Å²) in [4.78, 5) is 21.8. The molecular formula is C10H13ClO4. The van der Waals surface area contributed by atoms with Crippen molar-refractivity contribution < 1.29 is 19.1 Å². The van der Waals surface area contributed by atoms with Gasteiger partial charge in [0.25, 0.3) is 0 Å². The maximum absolute atomic E-state index is 11.0. The monoisotopic (exact) mass is 232 g/mol. The maximum Gasteiger partial charge on any atom is 0.334 e. The summed E-state index contributed by atoms with van der Waals surface area (Å²) in [6.45, 7) is 9.61. The van der Waals surface area contributed by atoms with Gasteiger partial charge >= 0.3 is 11.9 Å². The van der Waals surface area contributed by atoms with E-state index in [-0.39, 0.29) is 5.57 Å². The van der Waals surface area contributed by atoms with Crippen molar-refractivity contribution in [2.75, 3.05) is 0 Å². The lowest BCUT2D eigenvalue weighted by Gasteiger charge is -2.18. The molecular weight excluding hydrogens is 220 g/mol. The van der Waals surface area contributed by atoms with Gasteiger partial charge in [-0.2, -0.15) is 0 Å². The average molecular weight is 233 g/mol. The molecule has 2 atom stereocenters. The maximum atomic E-state index is 11.0. The number of alkyl halides is 1. The van der Waals surface area contributed by atoms with E-state index < -0.39 is 23.6 Å². The number of carbonyl (C=O) groups excluding carboxylic acids is 2. The topological polar surface area (TPSA) is 52.6 Å². The third-order valence-electron chi connectivity index (χ3n) is 1.41. The first kappa shape index (κ1) is 13.7. The van der Waals surface area contributed by atoms with Crippen LogP contribution < -0.4 is 0 Å². The first-order chi connectivity index (χ1) is 6.88. The van der Waals surface area contributed by atoms with Crippen molar-refractivity contribution in [3.63, 3.8) is 0 Å². The molecule has 0 aromatic carbocycles. The van der Waals surface area contributed by atoms with Gasteiger partial charge in [0.1, 0.15) is 0 Å². The van der Waals surface area contributed by atoms with Crippen molar-refractivity contribution in [3.8, 4) is 0 Å². The number of carbonyl (C=O) groups is 2. The van der Waals surface area contributed by atoms with Crippen LogP contribution in [0, 0.1) is 0 Å². The van der Waals surface area contributed by atoms with Crippen LogP contribution in [0.4, 0.5) is 0 Å². The van der Waals surface area contributed by atoms with Crippen molar-refractivity contribution in [1.29, 1.82) is 0 Å². The van der Waals surface area contributed by atoms with Crippen LogP contribution >= 0.6 is 11.6 Å². The summed E-state index contributed by atoms with van der Waals surface area (Å²) < 4.78 is 9.48. The fourth-order valence-electron chi connectivity index (χ4n) is 0.583. The summed E-state index contributed by atoms with van der Waals surface area (Å²) in [6, 6.07) is 0. The molecule has 0 aromatic rings. The van der Waals surface area contributed by atoms with Crippen molar-refractivity contribution in [3.05, 3.63) is 24.8 Å². The standard InChI is InChI=1S/C10H13ClO4/c1-5-8(12)14-7(4)9(11)15-10(13)6(2)3/h5,7,9H,1-2H2,3-4H3. The molecule has 0 aliphatic rings. The van der Waals surface area contributed by atoms with Gasteiger partial charge in [0.05, 0.1) is 0 Å². The summed E-state index contributed by atoms with van der Waals surface area (Å²) in [5, 5.41) is 0. The van der Waals surface area contributed by atoms with Crippen LogP contribution in [0.1, 0.15) is 13.8 Å². The summed E-state index contributed by atoms with van der Waals surface area (Å²) in [5.41, 5.74) is -0.819. The van der Waals surface area contributed by atoms with Crippen LogP contribution in [-0.4, -0.2) is 23.6 Å². The Morgan fingerprint density at radius 2 is 1.93 bits per heavy atom. The van der Waals surface area contributed by atoms with Gasteiger partial charge in [0.2, 0.25) is 5.56 Å². The Morgan fingerprint density at radius 1 is 1.40 bits per heavy atom. The number of hydrogen-bond donors (Lipinski definition) is 0. The Balaban J connectivity index is 4.15. The van der Waals surface area contributed by atoms with Gasteiger partial charge in [-0.25, -0.2) is 9.59 Å². The Kier molecular flexibility index (Phi) is 5.70. The van der Waals surface area contributed by atoms with E-state index in [1.165, 1.54) is 13.8 Å². The highest BCUT2D eigenvalue weighted by molar-refractivity contribution is 6.20. The van der Waals surface area contributed by atoms with E-state index in [0.29, 0.717) is 0 Å². The molecule has 0 heterocycles. The molecule has 0 fully saturated rings. The third-order valence-corrected chi connectivity index (χ3v) is 1.85. The Labute approximate surface area is 93.5 Å². The molecule has 0 radical (unpaired) electrons. The molecule has 0 spiro atoms. The molecule has 0 aromatic heterocycles. The number of halogens is 1. The molecule has 0 saturated carbocycles. The molecule has 0 aliphatic heterocycles. The van der Waals surface area contributed by atoms with Crippen molar-refractivity contribution in [2.24, 2.45) is 0 Å². The molecule has 15 heavy (non-hydrogen) atoms. The second kappa shape index (κ2) is 6.24. The fourth-order valence-corrected chi connectivity index (χ4v) is 0.716. The molecule has 84 valence electrons. The molecule has 0 amide bonds. The molecule has 0 rings (SSSR count). The zero-order valence-corrected chi connectivity index (χ0v) is 9.41. The summed E-state index contributed by atoms with van der Waals surface area (Å²) in [6.07, 6.45) is 0.251. The first-order valence-electron chi connectivity index (χ1n) is 4.22. The van der Waals surface area contributed by atoms with Gasteiger partial charge in [-0.3, -0.25) is 0 Å². The molecule has 0 bridgehead atoms. The molecule has 4 nitrogen and oxygen atoms in total. The number of ether oxygens (including phenoxy) is 2. The van der Waals surface area contributed by atoms with E-state index in [9.17, 15) is 9.59 Å². The molecule has 0 saturated heterocycles. The minimum absolute atomic E-state index is 0.225. The normalized spacial score (nSPS) is 13.5. The quantitative estimate of drug-likeness (QED) is 0.412. The third kappa shape index (κ3) is 5.22. The number of rotatable bonds is 5. The van der Waals surface area contributed by atoms with Gasteiger partial charge < -0.3 is 9.47 Å². The van der Waals surface area contributed by atoms with E-state index in [1.807, 2.05) is 0 Å². The van der Waals surface area contributed by atoms with Gasteiger partial charge in [-0.1, -0.05) is 24.8 Å². The smallest absolute Gasteiger partial charge is 0.334 e. The zero-order chi connectivity index (χ0) is 12.0. The van der Waals surface area contributed by atoms with Crippen molar-refractivity contribution in [2.45, 2.75) is 25.5 Å². The second-order valence-corrected chi connectivity index (χ2v) is 3.31. The predicted molar refractivity (Wildman–Crippen MR) is 56.3 cm³/mol. The highest BCUT2D eigenvalue weighted by Gasteiger charge is 2.21. The Morgan fingerprint density at radius 3 is 2.33 bits per heavy atom. The number of esters is 2. The molecule has 0 N–H and O–H groups in total. The fraction of sp³-hybridized carbons (Fsp3) is 0.400. The molecule has 2 unspecified atom stereocenters. The lowest BCUT2D eigenvalue weighted by atomic mass is 10.3. The summed E-state index contributed by atoms with van der Waals surface area (Å²) in [7, 11) is 0. The van der Waals surface area contributed by atoms with E-state index in [0.717, 1.165) is 6.08 Å². The van der Waals surface area contributed by atoms with Gasteiger partial charge in [0.15, 0.2) is 6.10 Å². The van der Waals surface area contributed by atoms with Crippen LogP contribution in [0.25, 0.3) is 0 Å². The SMILES string of the molecule is C=CC(=O)OC(C)C(Cl)OC(=O)C(=C)C. The minimum Gasteiger partial charge on any atom is -0.454 e. The van der Waals surface area contributed by atoms with Crippen LogP contribution in [0.3, 0.4) is 0 Å². The lowest BCUT2D eigenvalue weighted by molar-refractivity contribution is -0.154. The van der Waals surface area contributed by atoms with Crippen molar-refractivity contribution >= 4 is 23.5 Å². The Hall–Kier alpha value is -1.29. The first-order valence-corrected chi connectivity index (χ1v) is 4.65. The van der Waals surface area contributed by atoms with Gasteiger partial charge in [0, 0.05) is 11.6 Å². The van der Waals surface area contributed by atoms with Gasteiger partial charge in [-0.05, 0) is 13.8 Å².